The first-order valence-corrected chi connectivity index (χ1v) is 9.53. The smallest absolute Gasteiger partial charge is 0.341 e. The first-order chi connectivity index (χ1) is 12.8. The number of methoxy groups -OCH3 is 2. The van der Waals surface area contributed by atoms with E-state index in [4.69, 9.17) is 14.2 Å². The van der Waals surface area contributed by atoms with Crippen molar-refractivity contribution >= 4 is 17.6 Å². The Kier molecular flexibility index (Phi) is 7.25. The maximum atomic E-state index is 12.9. The van der Waals surface area contributed by atoms with Crippen LogP contribution in [-0.4, -0.2) is 38.3 Å². The minimum absolute atomic E-state index is 0.178. The first-order valence-electron chi connectivity index (χ1n) is 9.53. The van der Waals surface area contributed by atoms with Gasteiger partial charge in [-0.2, -0.15) is 0 Å². The molecule has 6 heteroatoms. The van der Waals surface area contributed by atoms with E-state index in [9.17, 15) is 9.59 Å². The first kappa shape index (κ1) is 21.2. The van der Waals surface area contributed by atoms with Crippen LogP contribution in [0.2, 0.25) is 0 Å². The topological polar surface area (TPSA) is 73.9 Å². The Morgan fingerprint density at radius 3 is 2.63 bits per heavy atom. The quantitative estimate of drug-likeness (QED) is 0.726. The van der Waals surface area contributed by atoms with E-state index < -0.39 is 11.6 Å². The highest BCUT2D eigenvalue weighted by molar-refractivity contribution is 5.99. The van der Waals surface area contributed by atoms with Crippen LogP contribution in [0.4, 0.5) is 5.69 Å². The van der Waals surface area contributed by atoms with Gasteiger partial charge < -0.3 is 19.5 Å². The highest BCUT2D eigenvalue weighted by Gasteiger charge is 2.42. The predicted molar refractivity (Wildman–Crippen MR) is 104 cm³/mol. The molecule has 0 heterocycles. The van der Waals surface area contributed by atoms with Crippen LogP contribution in [0.1, 0.15) is 56.8 Å². The molecule has 0 bridgehead atoms. The van der Waals surface area contributed by atoms with E-state index in [0.29, 0.717) is 48.3 Å². The molecule has 2 atom stereocenters. The summed E-state index contributed by atoms with van der Waals surface area (Å²) in [5.41, 5.74) is -0.0120. The van der Waals surface area contributed by atoms with Crippen molar-refractivity contribution in [2.45, 2.75) is 52.1 Å². The summed E-state index contributed by atoms with van der Waals surface area (Å²) in [6.07, 6.45) is 3.44. The Hall–Kier alpha value is -2.08. The molecule has 0 aliphatic heterocycles. The zero-order chi connectivity index (χ0) is 20.0. The SMILES string of the molecule is COC(=O)c1cc(NC(=O)[C@@]2(OC)CCC[C@@H](C)C2)ccc1OCC(C)C. The third kappa shape index (κ3) is 5.22. The van der Waals surface area contributed by atoms with E-state index in [2.05, 4.69) is 12.2 Å². The minimum Gasteiger partial charge on any atom is -0.492 e. The Morgan fingerprint density at radius 1 is 1.30 bits per heavy atom. The lowest BCUT2D eigenvalue weighted by Gasteiger charge is -2.37. The van der Waals surface area contributed by atoms with Gasteiger partial charge in [0.2, 0.25) is 0 Å². The Labute approximate surface area is 161 Å². The summed E-state index contributed by atoms with van der Waals surface area (Å²) in [6, 6.07) is 5.01. The summed E-state index contributed by atoms with van der Waals surface area (Å²) >= 11 is 0. The zero-order valence-electron chi connectivity index (χ0n) is 17.0. The molecule has 1 fully saturated rings. The van der Waals surface area contributed by atoms with E-state index in [-0.39, 0.29) is 5.91 Å². The molecule has 1 amide bonds. The van der Waals surface area contributed by atoms with Crippen molar-refractivity contribution in [3.8, 4) is 5.75 Å². The number of hydrogen-bond donors (Lipinski definition) is 1. The highest BCUT2D eigenvalue weighted by atomic mass is 16.5. The van der Waals surface area contributed by atoms with Gasteiger partial charge in [0, 0.05) is 12.8 Å². The molecule has 0 saturated heterocycles. The highest BCUT2D eigenvalue weighted by Crippen LogP contribution is 2.36. The number of hydrogen-bond acceptors (Lipinski definition) is 5. The standard InChI is InChI=1S/C21H31NO5/c1-14(2)13-27-18-9-8-16(11-17(18)19(23)25-4)22-20(24)21(26-5)10-6-7-15(3)12-21/h8-9,11,14-15H,6-7,10,12-13H2,1-5H3,(H,22,24)/t15-,21-/m1/s1. The Morgan fingerprint density at radius 2 is 2.04 bits per heavy atom. The van der Waals surface area contributed by atoms with Crippen LogP contribution in [0.5, 0.6) is 5.75 Å². The van der Waals surface area contributed by atoms with E-state index >= 15 is 0 Å². The van der Waals surface area contributed by atoms with Crippen LogP contribution >= 0.6 is 0 Å². The van der Waals surface area contributed by atoms with Gasteiger partial charge in [0.15, 0.2) is 0 Å². The van der Waals surface area contributed by atoms with E-state index in [1.165, 1.54) is 7.11 Å². The average Bonchev–Trinajstić information content (AvgIpc) is 2.65. The molecule has 1 saturated carbocycles. The van der Waals surface area contributed by atoms with Crippen LogP contribution in [-0.2, 0) is 14.3 Å². The van der Waals surface area contributed by atoms with Crippen LogP contribution in [0.3, 0.4) is 0 Å². The number of benzene rings is 1. The van der Waals surface area contributed by atoms with Crippen molar-refractivity contribution in [1.29, 1.82) is 0 Å². The lowest BCUT2D eigenvalue weighted by molar-refractivity contribution is -0.143. The van der Waals surface area contributed by atoms with Crippen LogP contribution in [0, 0.1) is 11.8 Å². The summed E-state index contributed by atoms with van der Waals surface area (Å²) in [7, 11) is 2.91. The van der Waals surface area contributed by atoms with Gasteiger partial charge in [-0.3, -0.25) is 4.79 Å². The Bertz CT molecular complexity index is 673. The van der Waals surface area contributed by atoms with E-state index in [0.717, 1.165) is 12.8 Å². The molecule has 1 aliphatic rings. The van der Waals surface area contributed by atoms with Crippen molar-refractivity contribution in [1.82, 2.24) is 0 Å². The fourth-order valence-electron chi connectivity index (χ4n) is 3.49. The van der Waals surface area contributed by atoms with Crippen LogP contribution < -0.4 is 10.1 Å². The maximum absolute atomic E-state index is 12.9. The van der Waals surface area contributed by atoms with Crippen molar-refractivity contribution in [3.05, 3.63) is 23.8 Å². The molecule has 1 aromatic rings. The van der Waals surface area contributed by atoms with Crippen molar-refractivity contribution < 1.29 is 23.8 Å². The number of carbonyl (C=O) groups is 2. The fourth-order valence-corrected chi connectivity index (χ4v) is 3.49. The molecule has 150 valence electrons. The van der Waals surface area contributed by atoms with Gasteiger partial charge in [0.1, 0.15) is 16.9 Å². The normalized spacial score (nSPS) is 22.4. The molecule has 1 N–H and O–H groups in total. The molecule has 2 rings (SSSR count). The van der Waals surface area contributed by atoms with Crippen LogP contribution in [0.25, 0.3) is 0 Å². The van der Waals surface area contributed by atoms with Gasteiger partial charge in [-0.05, 0) is 49.3 Å². The molecule has 27 heavy (non-hydrogen) atoms. The fraction of sp³-hybridized carbons (Fsp3) is 0.619. The third-order valence-corrected chi connectivity index (χ3v) is 4.98. The van der Waals surface area contributed by atoms with Gasteiger partial charge in [0.25, 0.3) is 5.91 Å². The second-order valence-corrected chi connectivity index (χ2v) is 7.76. The molecule has 0 unspecified atom stereocenters. The Balaban J connectivity index is 2.22. The largest absolute Gasteiger partial charge is 0.492 e. The number of nitrogens with one attached hydrogen (secondary N) is 1. The maximum Gasteiger partial charge on any atom is 0.341 e. The molecule has 1 aliphatic carbocycles. The van der Waals surface area contributed by atoms with Gasteiger partial charge in [0.05, 0.1) is 13.7 Å². The second kappa shape index (κ2) is 9.22. The van der Waals surface area contributed by atoms with Gasteiger partial charge >= 0.3 is 5.97 Å². The molecule has 1 aromatic carbocycles. The monoisotopic (exact) mass is 377 g/mol. The summed E-state index contributed by atoms with van der Waals surface area (Å²) in [5, 5.41) is 2.91. The summed E-state index contributed by atoms with van der Waals surface area (Å²) in [4.78, 5) is 25.1. The van der Waals surface area contributed by atoms with Gasteiger partial charge in [-0.15, -0.1) is 0 Å². The number of amides is 1. The lowest BCUT2D eigenvalue weighted by atomic mass is 9.78. The number of rotatable bonds is 7. The summed E-state index contributed by atoms with van der Waals surface area (Å²) < 4.78 is 16.2. The molecule has 6 nitrogen and oxygen atoms in total. The molecule has 0 radical (unpaired) electrons. The van der Waals surface area contributed by atoms with Crippen molar-refractivity contribution in [3.63, 3.8) is 0 Å². The summed E-state index contributed by atoms with van der Waals surface area (Å²) in [5.74, 6) is 0.522. The van der Waals surface area contributed by atoms with Crippen LogP contribution in [0.15, 0.2) is 18.2 Å². The van der Waals surface area contributed by atoms with Gasteiger partial charge in [-0.25, -0.2) is 4.79 Å². The zero-order valence-corrected chi connectivity index (χ0v) is 17.0. The van der Waals surface area contributed by atoms with Crippen molar-refractivity contribution in [2.24, 2.45) is 11.8 Å². The average molecular weight is 377 g/mol. The van der Waals surface area contributed by atoms with Gasteiger partial charge in [-0.1, -0.05) is 27.2 Å². The third-order valence-electron chi connectivity index (χ3n) is 4.98. The lowest BCUT2D eigenvalue weighted by Crippen LogP contribution is -2.47. The molecule has 0 spiro atoms. The molecular formula is C21H31NO5. The number of esters is 1. The number of ether oxygens (including phenoxy) is 3. The molecular weight excluding hydrogens is 346 g/mol. The number of anilines is 1. The number of carbonyl (C=O) groups excluding carboxylic acids is 2. The predicted octanol–water partition coefficient (Wildman–Crippen LogP) is 4.04. The molecule has 0 aromatic heterocycles. The van der Waals surface area contributed by atoms with E-state index in [1.54, 1.807) is 25.3 Å². The van der Waals surface area contributed by atoms with Crippen molar-refractivity contribution in [2.75, 3.05) is 26.1 Å². The summed E-state index contributed by atoms with van der Waals surface area (Å²) in [6.45, 7) is 6.68. The minimum atomic E-state index is -0.824. The second-order valence-electron chi connectivity index (χ2n) is 7.76. The van der Waals surface area contributed by atoms with E-state index in [1.807, 2.05) is 13.8 Å².